The van der Waals surface area contributed by atoms with Crippen molar-refractivity contribution in [3.63, 3.8) is 0 Å². The first kappa shape index (κ1) is 35.8. The second kappa shape index (κ2) is 15.0. The number of aromatic nitrogens is 6. The Morgan fingerprint density at radius 3 is 1.43 bits per heavy atom. The zero-order valence-corrected chi connectivity index (χ0v) is 31.7. The Hall–Kier alpha value is -5.06. The Morgan fingerprint density at radius 2 is 0.980 bits per heavy atom. The molecular formula is C41H28N6O2PdPt. The molecule has 0 radical (unpaired) electrons. The molecule has 10 heteroatoms. The molecule has 0 aliphatic rings. The molecule has 0 aliphatic heterocycles. The summed E-state index contributed by atoms with van der Waals surface area (Å²) >= 11 is 0. The van der Waals surface area contributed by atoms with Crippen LogP contribution in [-0.4, -0.2) is 29.5 Å². The van der Waals surface area contributed by atoms with E-state index >= 15 is 0 Å². The summed E-state index contributed by atoms with van der Waals surface area (Å²) in [4.78, 5) is 22.0. The van der Waals surface area contributed by atoms with Crippen molar-refractivity contribution in [2.24, 2.45) is 0 Å². The fraction of sp³-hybridized carbons (Fsp3) is 0.0976. The van der Waals surface area contributed by atoms with E-state index in [1.54, 1.807) is 12.4 Å². The quantitative estimate of drug-likeness (QED) is 0.117. The number of aryl methyl sites for hydroxylation is 4. The molecule has 0 atom stereocenters. The van der Waals surface area contributed by atoms with Crippen LogP contribution in [0.3, 0.4) is 0 Å². The molecule has 8 aromatic rings. The third kappa shape index (κ3) is 7.52. The van der Waals surface area contributed by atoms with Crippen molar-refractivity contribution in [2.45, 2.75) is 27.7 Å². The average molecular weight is 938 g/mol. The number of benzene rings is 4. The summed E-state index contributed by atoms with van der Waals surface area (Å²) in [6.45, 7) is 8.13. The first-order valence-electron chi connectivity index (χ1n) is 15.7. The Labute approximate surface area is 323 Å². The molecule has 0 spiro atoms. The van der Waals surface area contributed by atoms with Crippen molar-refractivity contribution in [1.29, 1.82) is 0 Å². The maximum Gasteiger partial charge on any atom is 2.00 e. The number of ether oxygens (including phenoxy) is 2. The summed E-state index contributed by atoms with van der Waals surface area (Å²) in [5.74, 6) is 2.57. The van der Waals surface area contributed by atoms with Gasteiger partial charge in [-0.25, -0.2) is 15.0 Å². The molecule has 0 amide bonds. The Kier molecular flexibility index (Phi) is 10.5. The van der Waals surface area contributed by atoms with Crippen LogP contribution in [0.5, 0.6) is 23.0 Å². The predicted octanol–water partition coefficient (Wildman–Crippen LogP) is 9.11. The van der Waals surface area contributed by atoms with Crippen molar-refractivity contribution in [3.05, 3.63) is 144 Å². The molecule has 0 saturated carbocycles. The SMILES string of the molecule is Cc1cc(Oc2[c-]c3c(cc2)c2ccc(Oc4[c-]c(-c5cc(C)ccn5)cc(C)c4)[c-]c2n3-c2ncncn2)[c-]c(-c2cc(C)ccn2)c1.[Pd+2].[Pt+2]. The molecule has 0 N–H and O–H groups in total. The van der Waals surface area contributed by atoms with Gasteiger partial charge < -0.3 is 24.0 Å². The number of hydrogen-bond donors (Lipinski definition) is 0. The molecule has 51 heavy (non-hydrogen) atoms. The molecular weight excluding hydrogens is 910 g/mol. The van der Waals surface area contributed by atoms with Crippen molar-refractivity contribution < 1.29 is 51.0 Å². The van der Waals surface area contributed by atoms with Gasteiger partial charge in [-0.05, 0) is 37.4 Å². The van der Waals surface area contributed by atoms with Gasteiger partial charge in [0, 0.05) is 35.4 Å². The van der Waals surface area contributed by atoms with Crippen molar-refractivity contribution >= 4 is 21.8 Å². The zero-order chi connectivity index (χ0) is 33.5. The second-order valence-electron chi connectivity index (χ2n) is 12.0. The third-order valence-electron chi connectivity index (χ3n) is 8.01. The Bertz CT molecular complexity index is 2370. The predicted molar refractivity (Wildman–Crippen MR) is 188 cm³/mol. The van der Waals surface area contributed by atoms with Crippen LogP contribution in [-0.2, 0) is 41.5 Å². The van der Waals surface area contributed by atoms with Crippen molar-refractivity contribution in [3.8, 4) is 51.5 Å². The third-order valence-corrected chi connectivity index (χ3v) is 8.01. The minimum Gasteiger partial charge on any atom is -0.503 e. The van der Waals surface area contributed by atoms with Crippen LogP contribution in [0.15, 0.2) is 97.8 Å². The van der Waals surface area contributed by atoms with Crippen LogP contribution < -0.4 is 9.47 Å². The van der Waals surface area contributed by atoms with E-state index < -0.39 is 0 Å². The van der Waals surface area contributed by atoms with Crippen LogP contribution in [0.25, 0.3) is 50.3 Å². The van der Waals surface area contributed by atoms with Gasteiger partial charge in [0.15, 0.2) is 0 Å². The molecule has 0 saturated heterocycles. The smallest absolute Gasteiger partial charge is 0.503 e. The monoisotopic (exact) mass is 937 g/mol. The van der Waals surface area contributed by atoms with Crippen LogP contribution >= 0.6 is 0 Å². The molecule has 4 aromatic carbocycles. The summed E-state index contributed by atoms with van der Waals surface area (Å²) < 4.78 is 14.6. The van der Waals surface area contributed by atoms with E-state index in [1.165, 1.54) is 12.7 Å². The van der Waals surface area contributed by atoms with Gasteiger partial charge in [0.1, 0.15) is 12.7 Å². The molecule has 0 fully saturated rings. The minimum atomic E-state index is 0. The van der Waals surface area contributed by atoms with Gasteiger partial charge in [-0.15, -0.1) is 58.7 Å². The van der Waals surface area contributed by atoms with Crippen molar-refractivity contribution in [1.82, 2.24) is 29.5 Å². The van der Waals surface area contributed by atoms with Gasteiger partial charge in [-0.3, -0.25) is 0 Å². The van der Waals surface area contributed by atoms with Gasteiger partial charge in [-0.2, -0.15) is 22.9 Å². The molecule has 4 aromatic heterocycles. The molecule has 8 rings (SSSR count). The first-order chi connectivity index (χ1) is 23.9. The van der Waals surface area contributed by atoms with E-state index in [9.17, 15) is 0 Å². The number of fused-ring (bicyclic) bond motifs is 3. The standard InChI is InChI=1S/C41H28N6O2.Pd.Pt/c1-25-9-11-43-37(17-25)29-13-27(3)15-33(19-29)48-31-5-7-35-36-8-6-32(22-40(36)47(39(35)21-31)41-45-23-42-24-46-41)49-34-16-28(4)14-30(20-34)38-18-26(2)10-12-44-38;;/h5-18,23-24H,1-4H3;;/q-4;2*+2. The van der Waals surface area contributed by atoms with Crippen molar-refractivity contribution in [2.75, 3.05) is 0 Å². The van der Waals surface area contributed by atoms with Crippen LogP contribution in [0.1, 0.15) is 22.3 Å². The first-order valence-corrected chi connectivity index (χ1v) is 15.7. The maximum absolute atomic E-state index is 6.37. The zero-order valence-electron chi connectivity index (χ0n) is 27.9. The summed E-state index contributed by atoms with van der Waals surface area (Å²) in [6.07, 6.45) is 6.53. The van der Waals surface area contributed by atoms with Crippen LogP contribution in [0.4, 0.5) is 0 Å². The molecule has 8 nitrogen and oxygen atoms in total. The Balaban J connectivity index is 0.00000224. The summed E-state index contributed by atoms with van der Waals surface area (Å²) in [5, 5.41) is 1.86. The molecule has 0 aliphatic carbocycles. The summed E-state index contributed by atoms with van der Waals surface area (Å²) in [5.41, 5.74) is 9.13. The van der Waals surface area contributed by atoms with Gasteiger partial charge in [0.25, 0.3) is 0 Å². The minimum absolute atomic E-state index is 0. The van der Waals surface area contributed by atoms with E-state index in [1.807, 2.05) is 105 Å². The van der Waals surface area contributed by atoms with E-state index in [4.69, 9.17) is 9.47 Å². The molecule has 4 heterocycles. The van der Waals surface area contributed by atoms with E-state index in [-0.39, 0.29) is 41.5 Å². The fourth-order valence-corrected chi connectivity index (χ4v) is 5.85. The number of nitrogens with zero attached hydrogens (tertiary/aromatic N) is 6. The maximum atomic E-state index is 6.37. The number of pyridine rings is 2. The van der Waals surface area contributed by atoms with Crippen LogP contribution in [0.2, 0.25) is 0 Å². The van der Waals surface area contributed by atoms with E-state index in [2.05, 4.69) is 49.2 Å². The fourth-order valence-electron chi connectivity index (χ4n) is 5.85. The van der Waals surface area contributed by atoms with E-state index in [0.29, 0.717) is 28.9 Å². The summed E-state index contributed by atoms with van der Waals surface area (Å²) in [6, 6.07) is 37.5. The van der Waals surface area contributed by atoms with Gasteiger partial charge >= 0.3 is 41.5 Å². The largest absolute Gasteiger partial charge is 2.00 e. The summed E-state index contributed by atoms with van der Waals surface area (Å²) in [7, 11) is 0. The van der Waals surface area contributed by atoms with Gasteiger partial charge in [-0.1, -0.05) is 72.4 Å². The van der Waals surface area contributed by atoms with Gasteiger partial charge in [0.2, 0.25) is 5.95 Å². The molecule has 0 unspecified atom stereocenters. The molecule has 0 bridgehead atoms. The van der Waals surface area contributed by atoms with Gasteiger partial charge in [0.05, 0.1) is 0 Å². The normalized spacial score (nSPS) is 10.8. The topological polar surface area (TPSA) is 87.8 Å². The second-order valence-corrected chi connectivity index (χ2v) is 12.0. The van der Waals surface area contributed by atoms with Crippen LogP contribution in [0, 0.1) is 52.0 Å². The molecule has 254 valence electrons. The number of hydrogen-bond acceptors (Lipinski definition) is 7. The van der Waals surface area contributed by atoms with E-state index in [0.717, 1.165) is 66.6 Å². The average Bonchev–Trinajstić information content (AvgIpc) is 3.41. The Morgan fingerprint density at radius 1 is 0.510 bits per heavy atom. The number of rotatable bonds is 7.